The summed E-state index contributed by atoms with van der Waals surface area (Å²) in [5.41, 5.74) is 1.61. The first-order valence-electron chi connectivity index (χ1n) is 8.32. The van der Waals surface area contributed by atoms with E-state index >= 15 is 0 Å². The van der Waals surface area contributed by atoms with E-state index in [2.05, 4.69) is 39.7 Å². The second kappa shape index (κ2) is 5.47. The zero-order valence-electron chi connectivity index (χ0n) is 13.3. The minimum atomic E-state index is 0.632. The third-order valence-corrected chi connectivity index (χ3v) is 5.08. The first-order valence-corrected chi connectivity index (χ1v) is 8.32. The fraction of sp³-hybridized carbons (Fsp3) is 0.588. The average Bonchev–Trinajstić information content (AvgIpc) is 2.81. The molecular formula is C17H23N5. The van der Waals surface area contributed by atoms with Crippen LogP contribution in [0.25, 0.3) is 11.2 Å². The van der Waals surface area contributed by atoms with E-state index in [0.29, 0.717) is 12.1 Å². The van der Waals surface area contributed by atoms with Crippen molar-refractivity contribution in [2.75, 3.05) is 18.0 Å². The van der Waals surface area contributed by atoms with Gasteiger partial charge in [0.2, 0.25) is 0 Å². The molecule has 5 nitrogen and oxygen atoms in total. The second-order valence-electron chi connectivity index (χ2n) is 6.73. The average molecular weight is 297 g/mol. The third kappa shape index (κ3) is 2.33. The van der Waals surface area contributed by atoms with Gasteiger partial charge in [0, 0.05) is 43.6 Å². The van der Waals surface area contributed by atoms with E-state index in [1.165, 1.54) is 19.3 Å². The molecular weight excluding hydrogens is 274 g/mol. The van der Waals surface area contributed by atoms with Crippen LogP contribution in [0, 0.1) is 0 Å². The van der Waals surface area contributed by atoms with Crippen molar-refractivity contribution < 1.29 is 0 Å². The number of pyridine rings is 1. The molecule has 0 radical (unpaired) electrons. The van der Waals surface area contributed by atoms with Crippen molar-refractivity contribution in [3.8, 4) is 0 Å². The Balaban J connectivity index is 1.62. The number of aromatic nitrogens is 3. The monoisotopic (exact) mass is 297 g/mol. The van der Waals surface area contributed by atoms with Crippen molar-refractivity contribution in [1.29, 1.82) is 0 Å². The molecule has 2 aromatic rings. The van der Waals surface area contributed by atoms with Gasteiger partial charge in [-0.3, -0.25) is 9.88 Å². The summed E-state index contributed by atoms with van der Waals surface area (Å²) in [5.74, 6) is 1.05. The molecule has 4 heterocycles. The van der Waals surface area contributed by atoms with Crippen molar-refractivity contribution in [3.05, 3.63) is 24.5 Å². The molecule has 2 unspecified atom stereocenters. The summed E-state index contributed by atoms with van der Waals surface area (Å²) in [6.07, 6.45) is 7.33. The zero-order valence-corrected chi connectivity index (χ0v) is 13.3. The zero-order chi connectivity index (χ0) is 15.1. The van der Waals surface area contributed by atoms with Crippen LogP contribution in [0.3, 0.4) is 0 Å². The van der Waals surface area contributed by atoms with Gasteiger partial charge < -0.3 is 4.90 Å². The molecule has 5 heteroatoms. The Kier molecular flexibility index (Phi) is 3.45. The van der Waals surface area contributed by atoms with Crippen LogP contribution < -0.4 is 4.90 Å². The number of hydrogen-bond acceptors (Lipinski definition) is 5. The fourth-order valence-corrected chi connectivity index (χ4v) is 4.18. The molecule has 0 saturated carbocycles. The quantitative estimate of drug-likeness (QED) is 0.852. The van der Waals surface area contributed by atoms with Crippen molar-refractivity contribution in [2.45, 2.75) is 51.2 Å². The van der Waals surface area contributed by atoms with E-state index in [1.807, 2.05) is 6.07 Å². The van der Waals surface area contributed by atoms with E-state index in [4.69, 9.17) is 4.98 Å². The summed E-state index contributed by atoms with van der Waals surface area (Å²) < 4.78 is 0. The van der Waals surface area contributed by atoms with Gasteiger partial charge in [0.05, 0.1) is 0 Å². The van der Waals surface area contributed by atoms with Gasteiger partial charge in [-0.25, -0.2) is 9.97 Å². The highest BCUT2D eigenvalue weighted by Crippen LogP contribution is 2.33. The number of nitrogens with zero attached hydrogens (tertiary/aromatic N) is 5. The molecule has 2 saturated heterocycles. The maximum atomic E-state index is 4.73. The molecule has 2 fully saturated rings. The van der Waals surface area contributed by atoms with Gasteiger partial charge >= 0.3 is 0 Å². The number of fused-ring (bicyclic) bond motifs is 3. The van der Waals surface area contributed by atoms with Crippen LogP contribution in [0.2, 0.25) is 0 Å². The Morgan fingerprint density at radius 3 is 2.73 bits per heavy atom. The molecule has 116 valence electrons. The predicted octanol–water partition coefficient (Wildman–Crippen LogP) is 2.48. The van der Waals surface area contributed by atoms with Gasteiger partial charge in [0.1, 0.15) is 11.3 Å². The van der Waals surface area contributed by atoms with Crippen LogP contribution in [-0.2, 0) is 0 Å². The lowest BCUT2D eigenvalue weighted by atomic mass is 10.1. The van der Waals surface area contributed by atoms with Crippen LogP contribution in [0.5, 0.6) is 0 Å². The molecule has 2 atom stereocenters. The molecule has 4 rings (SSSR count). The second-order valence-corrected chi connectivity index (χ2v) is 6.73. The summed E-state index contributed by atoms with van der Waals surface area (Å²) in [6, 6.07) is 6.17. The molecule has 0 amide bonds. The summed E-state index contributed by atoms with van der Waals surface area (Å²) in [7, 11) is 0. The maximum Gasteiger partial charge on any atom is 0.180 e. The highest BCUT2D eigenvalue weighted by atomic mass is 15.3. The smallest absolute Gasteiger partial charge is 0.180 e. The molecule has 0 spiro atoms. The normalized spacial score (nSPS) is 25.9. The van der Waals surface area contributed by atoms with E-state index in [-0.39, 0.29) is 0 Å². The van der Waals surface area contributed by atoms with E-state index in [9.17, 15) is 0 Å². The van der Waals surface area contributed by atoms with Crippen molar-refractivity contribution in [2.24, 2.45) is 0 Å². The van der Waals surface area contributed by atoms with Crippen LogP contribution in [-0.4, -0.2) is 51.1 Å². The highest BCUT2D eigenvalue weighted by Gasteiger charge is 2.38. The lowest BCUT2D eigenvalue weighted by Crippen LogP contribution is -2.43. The largest absolute Gasteiger partial charge is 0.355 e. The fourth-order valence-electron chi connectivity index (χ4n) is 4.18. The van der Waals surface area contributed by atoms with Crippen molar-refractivity contribution >= 4 is 17.0 Å². The summed E-state index contributed by atoms with van der Waals surface area (Å²) in [5, 5.41) is 0. The minimum absolute atomic E-state index is 0.632. The van der Waals surface area contributed by atoms with Gasteiger partial charge in [0.15, 0.2) is 5.65 Å². The Hall–Kier alpha value is -1.75. The van der Waals surface area contributed by atoms with E-state index in [0.717, 1.165) is 36.1 Å². The first kappa shape index (κ1) is 13.9. The predicted molar refractivity (Wildman–Crippen MR) is 87.9 cm³/mol. The van der Waals surface area contributed by atoms with Crippen LogP contribution in [0.4, 0.5) is 5.82 Å². The molecule has 2 aliphatic heterocycles. The van der Waals surface area contributed by atoms with Crippen LogP contribution >= 0.6 is 0 Å². The number of rotatable bonds is 2. The third-order valence-electron chi connectivity index (χ3n) is 5.08. The SMILES string of the molecule is CC(C)N1C2CCC1CN(c1ccc3nccnc3n1)CC2. The first-order chi connectivity index (χ1) is 10.7. The molecule has 22 heavy (non-hydrogen) atoms. The van der Waals surface area contributed by atoms with Gasteiger partial charge in [0.25, 0.3) is 0 Å². The van der Waals surface area contributed by atoms with E-state index in [1.54, 1.807) is 12.4 Å². The standard InChI is InChI=1S/C17H23N5/c1-12(2)22-13-3-4-14(22)11-21(10-7-13)16-6-5-15-17(20-16)19-9-8-18-15/h5-6,8-9,12-14H,3-4,7,10-11H2,1-2H3. The Bertz CT molecular complexity index is 671. The number of anilines is 1. The van der Waals surface area contributed by atoms with Gasteiger partial charge in [-0.15, -0.1) is 0 Å². The van der Waals surface area contributed by atoms with Gasteiger partial charge in [-0.2, -0.15) is 0 Å². The molecule has 0 aliphatic carbocycles. The molecule has 2 bridgehead atoms. The van der Waals surface area contributed by atoms with Crippen LogP contribution in [0.15, 0.2) is 24.5 Å². The molecule has 0 aromatic carbocycles. The Morgan fingerprint density at radius 1 is 1.05 bits per heavy atom. The molecule has 2 aliphatic rings. The van der Waals surface area contributed by atoms with Crippen molar-refractivity contribution in [1.82, 2.24) is 19.9 Å². The van der Waals surface area contributed by atoms with Gasteiger partial charge in [-0.1, -0.05) is 0 Å². The maximum absolute atomic E-state index is 4.73. The highest BCUT2D eigenvalue weighted by molar-refractivity contribution is 5.71. The number of hydrogen-bond donors (Lipinski definition) is 0. The minimum Gasteiger partial charge on any atom is -0.355 e. The Morgan fingerprint density at radius 2 is 1.86 bits per heavy atom. The lowest BCUT2D eigenvalue weighted by Gasteiger charge is -2.32. The lowest BCUT2D eigenvalue weighted by molar-refractivity contribution is 0.158. The van der Waals surface area contributed by atoms with Gasteiger partial charge in [-0.05, 0) is 45.2 Å². The summed E-state index contributed by atoms with van der Waals surface area (Å²) in [4.78, 5) is 18.5. The van der Waals surface area contributed by atoms with E-state index < -0.39 is 0 Å². The Labute approximate surface area is 131 Å². The molecule has 2 aromatic heterocycles. The molecule has 0 N–H and O–H groups in total. The van der Waals surface area contributed by atoms with Crippen molar-refractivity contribution in [3.63, 3.8) is 0 Å². The summed E-state index contributed by atoms with van der Waals surface area (Å²) in [6.45, 7) is 6.81. The van der Waals surface area contributed by atoms with Crippen LogP contribution in [0.1, 0.15) is 33.1 Å². The topological polar surface area (TPSA) is 45.2 Å². The summed E-state index contributed by atoms with van der Waals surface area (Å²) >= 11 is 0.